The first-order chi connectivity index (χ1) is 12.9. The van der Waals surface area contributed by atoms with Crippen LogP contribution in [-0.4, -0.2) is 20.9 Å². The molecule has 0 fully saturated rings. The third-order valence-electron chi connectivity index (χ3n) is 4.11. The van der Waals surface area contributed by atoms with Gasteiger partial charge >= 0.3 is 5.69 Å². The molecule has 3 aromatic rings. The Labute approximate surface area is 154 Å². The zero-order valence-corrected chi connectivity index (χ0v) is 14.8. The van der Waals surface area contributed by atoms with Gasteiger partial charge in [-0.3, -0.25) is 14.8 Å². The van der Waals surface area contributed by atoms with Gasteiger partial charge in [0.15, 0.2) is 0 Å². The summed E-state index contributed by atoms with van der Waals surface area (Å²) in [6.07, 6.45) is 1.19. The first kappa shape index (κ1) is 18.3. The van der Waals surface area contributed by atoms with Crippen molar-refractivity contribution in [1.29, 1.82) is 0 Å². The van der Waals surface area contributed by atoms with Crippen molar-refractivity contribution in [2.24, 2.45) is 4.99 Å². The second kappa shape index (κ2) is 7.41. The van der Waals surface area contributed by atoms with E-state index in [1.165, 1.54) is 18.3 Å². The molecule has 0 saturated carbocycles. The molecule has 1 aromatic heterocycles. The number of hydrogen-bond donors (Lipinski definition) is 2. The summed E-state index contributed by atoms with van der Waals surface area (Å²) in [7, 11) is 0. The van der Waals surface area contributed by atoms with E-state index in [-0.39, 0.29) is 11.3 Å². The molecule has 2 N–H and O–H groups in total. The van der Waals surface area contributed by atoms with Gasteiger partial charge in [-0.05, 0) is 47.9 Å². The van der Waals surface area contributed by atoms with Gasteiger partial charge in [0.05, 0.1) is 11.4 Å². The smallest absolute Gasteiger partial charge is 0.335 e. The molecule has 0 saturated heterocycles. The van der Waals surface area contributed by atoms with Crippen molar-refractivity contribution in [2.75, 3.05) is 0 Å². The van der Waals surface area contributed by atoms with Gasteiger partial charge in [-0.15, -0.1) is 0 Å². The number of aromatic hydroxyl groups is 1. The Morgan fingerprint density at radius 1 is 1.07 bits per heavy atom. The maximum absolute atomic E-state index is 13.1. The van der Waals surface area contributed by atoms with Crippen molar-refractivity contribution < 1.29 is 9.50 Å². The molecule has 0 aliphatic rings. The number of nitrogens with zero attached hydrogens (tertiary/aromatic N) is 2. The number of H-pyrrole nitrogens is 1. The quantitative estimate of drug-likeness (QED) is 0.694. The van der Waals surface area contributed by atoms with Crippen LogP contribution in [0.1, 0.15) is 30.9 Å². The number of aromatic nitrogens is 2. The third kappa shape index (κ3) is 3.87. The normalized spacial score (nSPS) is 11.4. The summed E-state index contributed by atoms with van der Waals surface area (Å²) in [5.41, 5.74) is 0.191. The molecule has 0 aliphatic heterocycles. The fourth-order valence-corrected chi connectivity index (χ4v) is 2.57. The van der Waals surface area contributed by atoms with Crippen LogP contribution in [0.25, 0.3) is 5.69 Å². The van der Waals surface area contributed by atoms with Crippen molar-refractivity contribution >= 4 is 11.9 Å². The molecule has 0 aliphatic carbocycles. The molecule has 138 valence electrons. The zero-order chi connectivity index (χ0) is 19.6. The standard InChI is InChI=1S/C20H18FN3O3/c1-12(2)13-3-7-15(8-4-13)22-11-17-18(25)23-20(27)24(19(17)26)16-9-5-14(21)6-10-16/h3-12,26H,1-2H3,(H,23,25,27). The lowest BCUT2D eigenvalue weighted by Crippen LogP contribution is -2.31. The van der Waals surface area contributed by atoms with E-state index in [0.29, 0.717) is 11.6 Å². The second-order valence-electron chi connectivity index (χ2n) is 6.31. The summed E-state index contributed by atoms with van der Waals surface area (Å²) in [4.78, 5) is 30.5. The number of hydrogen-bond acceptors (Lipinski definition) is 4. The molecule has 6 nitrogen and oxygen atoms in total. The van der Waals surface area contributed by atoms with Gasteiger partial charge in [-0.1, -0.05) is 26.0 Å². The van der Waals surface area contributed by atoms with Crippen LogP contribution in [0, 0.1) is 5.82 Å². The van der Waals surface area contributed by atoms with E-state index < -0.39 is 22.9 Å². The fraction of sp³-hybridized carbons (Fsp3) is 0.150. The second-order valence-corrected chi connectivity index (χ2v) is 6.31. The van der Waals surface area contributed by atoms with Crippen molar-refractivity contribution in [3.63, 3.8) is 0 Å². The van der Waals surface area contributed by atoms with E-state index in [2.05, 4.69) is 23.8 Å². The molecule has 0 atom stereocenters. The van der Waals surface area contributed by atoms with Gasteiger partial charge in [0.2, 0.25) is 5.88 Å². The Morgan fingerprint density at radius 2 is 1.70 bits per heavy atom. The molecule has 27 heavy (non-hydrogen) atoms. The lowest BCUT2D eigenvalue weighted by Gasteiger charge is -2.09. The van der Waals surface area contributed by atoms with Crippen molar-refractivity contribution in [2.45, 2.75) is 19.8 Å². The summed E-state index contributed by atoms with van der Waals surface area (Å²) < 4.78 is 14.0. The van der Waals surface area contributed by atoms with Crippen LogP contribution >= 0.6 is 0 Å². The van der Waals surface area contributed by atoms with Crippen LogP contribution in [0.3, 0.4) is 0 Å². The highest BCUT2D eigenvalue weighted by atomic mass is 19.1. The zero-order valence-electron chi connectivity index (χ0n) is 14.8. The third-order valence-corrected chi connectivity index (χ3v) is 4.11. The van der Waals surface area contributed by atoms with Gasteiger partial charge < -0.3 is 5.11 Å². The summed E-state index contributed by atoms with van der Waals surface area (Å²) in [5, 5.41) is 10.4. The number of benzene rings is 2. The minimum atomic E-state index is -0.831. The average Bonchev–Trinajstić information content (AvgIpc) is 2.63. The number of aromatic amines is 1. The highest BCUT2D eigenvalue weighted by Crippen LogP contribution is 2.20. The van der Waals surface area contributed by atoms with Crippen molar-refractivity contribution in [3.05, 3.63) is 86.3 Å². The monoisotopic (exact) mass is 367 g/mol. The van der Waals surface area contributed by atoms with Crippen LogP contribution < -0.4 is 11.2 Å². The summed E-state index contributed by atoms with van der Waals surface area (Å²) in [5.74, 6) is -0.672. The molecule has 3 rings (SSSR count). The SMILES string of the molecule is CC(C)c1ccc(N=Cc2c(O)n(-c3ccc(F)cc3)c(=O)[nH]c2=O)cc1. The minimum Gasteiger partial charge on any atom is -0.493 e. The Balaban J connectivity index is 2.03. The molecule has 0 spiro atoms. The molecule has 2 aromatic carbocycles. The number of halogens is 1. The van der Waals surface area contributed by atoms with E-state index in [4.69, 9.17) is 0 Å². The largest absolute Gasteiger partial charge is 0.493 e. The molecule has 0 unspecified atom stereocenters. The predicted octanol–water partition coefficient (Wildman–Crippen LogP) is 3.24. The van der Waals surface area contributed by atoms with Gasteiger partial charge in [0.1, 0.15) is 11.4 Å². The van der Waals surface area contributed by atoms with Gasteiger partial charge in [-0.25, -0.2) is 13.8 Å². The number of nitrogens with one attached hydrogen (secondary N) is 1. The van der Waals surface area contributed by atoms with E-state index in [1.807, 2.05) is 12.1 Å². The van der Waals surface area contributed by atoms with Crippen LogP contribution in [0.5, 0.6) is 5.88 Å². The maximum atomic E-state index is 13.1. The van der Waals surface area contributed by atoms with Gasteiger partial charge in [-0.2, -0.15) is 0 Å². The summed E-state index contributed by atoms with van der Waals surface area (Å²) in [6, 6.07) is 12.4. The summed E-state index contributed by atoms with van der Waals surface area (Å²) >= 11 is 0. The minimum absolute atomic E-state index is 0.174. The van der Waals surface area contributed by atoms with Gasteiger partial charge in [0, 0.05) is 6.21 Å². The molecule has 7 heteroatoms. The first-order valence-electron chi connectivity index (χ1n) is 8.35. The van der Waals surface area contributed by atoms with Crippen LogP contribution in [0.4, 0.5) is 10.1 Å². The first-order valence-corrected chi connectivity index (χ1v) is 8.35. The molecule has 0 radical (unpaired) electrons. The van der Waals surface area contributed by atoms with Crippen LogP contribution in [-0.2, 0) is 0 Å². The van der Waals surface area contributed by atoms with E-state index in [1.54, 1.807) is 12.1 Å². The average molecular weight is 367 g/mol. The Bertz CT molecular complexity index is 1100. The Morgan fingerprint density at radius 3 is 2.30 bits per heavy atom. The van der Waals surface area contributed by atoms with Crippen LogP contribution in [0.15, 0.2) is 63.1 Å². The molecular weight excluding hydrogens is 349 g/mol. The number of rotatable bonds is 4. The Kier molecular flexibility index (Phi) is 5.03. The lowest BCUT2D eigenvalue weighted by atomic mass is 10.0. The van der Waals surface area contributed by atoms with E-state index in [9.17, 15) is 19.1 Å². The number of aliphatic imine (C=N–C) groups is 1. The predicted molar refractivity (Wildman–Crippen MR) is 102 cm³/mol. The highest BCUT2D eigenvalue weighted by molar-refractivity contribution is 5.84. The molecule has 0 bridgehead atoms. The van der Waals surface area contributed by atoms with Crippen LogP contribution in [0.2, 0.25) is 0 Å². The van der Waals surface area contributed by atoms with Crippen molar-refractivity contribution in [1.82, 2.24) is 9.55 Å². The van der Waals surface area contributed by atoms with E-state index in [0.717, 1.165) is 22.3 Å². The molecule has 0 amide bonds. The lowest BCUT2D eigenvalue weighted by molar-refractivity contribution is 0.430. The van der Waals surface area contributed by atoms with E-state index >= 15 is 0 Å². The summed E-state index contributed by atoms with van der Waals surface area (Å²) in [6.45, 7) is 4.16. The molecule has 1 heterocycles. The van der Waals surface area contributed by atoms with Gasteiger partial charge in [0.25, 0.3) is 5.56 Å². The van der Waals surface area contributed by atoms with Crippen molar-refractivity contribution in [3.8, 4) is 11.6 Å². The Hall–Kier alpha value is -3.48. The topological polar surface area (TPSA) is 87.4 Å². The maximum Gasteiger partial charge on any atom is 0.335 e. The highest BCUT2D eigenvalue weighted by Gasteiger charge is 2.14. The fourth-order valence-electron chi connectivity index (χ4n) is 2.57. The molecular formula is C20H18FN3O3.